The van der Waals surface area contributed by atoms with E-state index in [0.29, 0.717) is 37.8 Å². The zero-order chi connectivity index (χ0) is 12.5. The molecule has 1 aliphatic carbocycles. The minimum absolute atomic E-state index is 0.0910. The van der Waals surface area contributed by atoms with Crippen LogP contribution in [0.2, 0.25) is 0 Å². The van der Waals surface area contributed by atoms with Gasteiger partial charge in [-0.05, 0) is 43.9 Å². The van der Waals surface area contributed by atoms with Gasteiger partial charge in [-0.3, -0.25) is 0 Å². The van der Waals surface area contributed by atoms with Crippen molar-refractivity contribution >= 4 is 0 Å². The van der Waals surface area contributed by atoms with Gasteiger partial charge in [0.05, 0.1) is 6.10 Å². The highest BCUT2D eigenvalue weighted by Gasteiger charge is 2.37. The van der Waals surface area contributed by atoms with E-state index in [1.165, 1.54) is 18.2 Å². The van der Waals surface area contributed by atoms with Crippen molar-refractivity contribution in [2.24, 2.45) is 5.73 Å². The van der Waals surface area contributed by atoms with Crippen LogP contribution in [0.5, 0.6) is 5.75 Å². The Hall–Kier alpha value is -1.13. The Morgan fingerprint density at radius 1 is 1.35 bits per heavy atom. The predicted molar refractivity (Wildman–Crippen MR) is 63.3 cm³/mol. The highest BCUT2D eigenvalue weighted by atomic mass is 19.1. The Balaban J connectivity index is 2.37. The van der Waals surface area contributed by atoms with Crippen LogP contribution in [0.15, 0.2) is 18.2 Å². The van der Waals surface area contributed by atoms with Gasteiger partial charge < -0.3 is 15.9 Å². The van der Waals surface area contributed by atoms with E-state index in [-0.39, 0.29) is 17.7 Å². The first-order valence-corrected chi connectivity index (χ1v) is 5.94. The van der Waals surface area contributed by atoms with Crippen molar-refractivity contribution in [1.29, 1.82) is 0 Å². The Morgan fingerprint density at radius 2 is 2.00 bits per heavy atom. The van der Waals surface area contributed by atoms with Crippen molar-refractivity contribution in [3.05, 3.63) is 29.6 Å². The van der Waals surface area contributed by atoms with E-state index in [2.05, 4.69) is 0 Å². The molecule has 0 bridgehead atoms. The van der Waals surface area contributed by atoms with Crippen LogP contribution in [0.25, 0.3) is 0 Å². The van der Waals surface area contributed by atoms with Gasteiger partial charge in [-0.2, -0.15) is 0 Å². The SMILES string of the molecule is NCC1(c2cc(F)ccc2O)CCC(O)CC1. The number of rotatable bonds is 2. The molecular weight excluding hydrogens is 221 g/mol. The number of aliphatic hydroxyl groups is 1. The van der Waals surface area contributed by atoms with E-state index in [1.807, 2.05) is 0 Å². The van der Waals surface area contributed by atoms with E-state index in [0.717, 1.165) is 0 Å². The summed E-state index contributed by atoms with van der Waals surface area (Å²) in [6, 6.07) is 3.97. The molecule has 0 saturated heterocycles. The second-order valence-electron chi connectivity index (χ2n) is 4.88. The molecule has 2 rings (SSSR count). The van der Waals surface area contributed by atoms with Crippen LogP contribution in [-0.2, 0) is 5.41 Å². The van der Waals surface area contributed by atoms with Crippen LogP contribution in [0, 0.1) is 5.82 Å². The molecule has 1 aromatic rings. The maximum atomic E-state index is 13.3. The number of aromatic hydroxyl groups is 1. The summed E-state index contributed by atoms with van der Waals surface area (Å²) in [5.74, 6) is -0.273. The summed E-state index contributed by atoms with van der Waals surface area (Å²) in [4.78, 5) is 0. The van der Waals surface area contributed by atoms with Crippen LogP contribution in [0.4, 0.5) is 4.39 Å². The molecule has 0 amide bonds. The number of phenols is 1. The lowest BCUT2D eigenvalue weighted by Crippen LogP contribution is -2.40. The monoisotopic (exact) mass is 239 g/mol. The summed E-state index contributed by atoms with van der Waals surface area (Å²) in [7, 11) is 0. The standard InChI is InChI=1S/C13H18FNO2/c14-9-1-2-12(17)11(7-9)13(8-15)5-3-10(16)4-6-13/h1-2,7,10,16-17H,3-6,8,15H2. The van der Waals surface area contributed by atoms with Crippen LogP contribution >= 0.6 is 0 Å². The van der Waals surface area contributed by atoms with Crippen molar-refractivity contribution in [1.82, 2.24) is 0 Å². The van der Waals surface area contributed by atoms with E-state index >= 15 is 0 Å². The minimum atomic E-state index is -0.397. The highest BCUT2D eigenvalue weighted by molar-refractivity contribution is 5.40. The first-order valence-electron chi connectivity index (χ1n) is 5.94. The van der Waals surface area contributed by atoms with E-state index < -0.39 is 5.41 Å². The zero-order valence-corrected chi connectivity index (χ0v) is 9.69. The third-order valence-corrected chi connectivity index (χ3v) is 3.83. The number of nitrogens with two attached hydrogens (primary N) is 1. The largest absolute Gasteiger partial charge is 0.508 e. The Kier molecular flexibility index (Phi) is 3.35. The fourth-order valence-electron chi connectivity index (χ4n) is 2.67. The summed E-state index contributed by atoms with van der Waals surface area (Å²) < 4.78 is 13.3. The fourth-order valence-corrected chi connectivity index (χ4v) is 2.67. The van der Waals surface area contributed by atoms with Crippen molar-refractivity contribution in [3.63, 3.8) is 0 Å². The van der Waals surface area contributed by atoms with Gasteiger partial charge in [-0.25, -0.2) is 4.39 Å². The Labute approximate surface area is 100 Å². The summed E-state index contributed by atoms with van der Waals surface area (Å²) in [5, 5.41) is 19.4. The Bertz CT molecular complexity index is 400. The molecule has 0 spiro atoms. The van der Waals surface area contributed by atoms with Crippen molar-refractivity contribution in [2.45, 2.75) is 37.2 Å². The van der Waals surface area contributed by atoms with Crippen molar-refractivity contribution < 1.29 is 14.6 Å². The fraction of sp³-hybridized carbons (Fsp3) is 0.538. The molecule has 1 fully saturated rings. The van der Waals surface area contributed by atoms with Crippen molar-refractivity contribution in [3.8, 4) is 5.75 Å². The predicted octanol–water partition coefficient (Wildman–Crippen LogP) is 1.66. The number of hydrogen-bond donors (Lipinski definition) is 3. The second-order valence-corrected chi connectivity index (χ2v) is 4.88. The highest BCUT2D eigenvalue weighted by Crippen LogP contribution is 2.42. The summed E-state index contributed by atoms with van der Waals surface area (Å²) in [6.45, 7) is 0.358. The summed E-state index contributed by atoms with van der Waals surface area (Å²) in [6.07, 6.45) is 2.36. The molecule has 1 saturated carbocycles. The Morgan fingerprint density at radius 3 is 2.59 bits per heavy atom. The lowest BCUT2D eigenvalue weighted by atomic mass is 9.68. The third-order valence-electron chi connectivity index (χ3n) is 3.83. The number of hydrogen-bond acceptors (Lipinski definition) is 3. The molecule has 1 aliphatic rings. The van der Waals surface area contributed by atoms with Crippen LogP contribution in [-0.4, -0.2) is 22.9 Å². The molecule has 3 nitrogen and oxygen atoms in total. The van der Waals surface area contributed by atoms with Crippen LogP contribution < -0.4 is 5.73 Å². The van der Waals surface area contributed by atoms with Gasteiger partial charge in [0, 0.05) is 17.5 Å². The minimum Gasteiger partial charge on any atom is -0.508 e. The molecule has 94 valence electrons. The average molecular weight is 239 g/mol. The van der Waals surface area contributed by atoms with Crippen LogP contribution in [0.3, 0.4) is 0 Å². The van der Waals surface area contributed by atoms with Gasteiger partial charge in [0.2, 0.25) is 0 Å². The first-order chi connectivity index (χ1) is 8.07. The molecule has 0 aromatic heterocycles. The average Bonchev–Trinajstić information content (AvgIpc) is 2.34. The number of halogens is 1. The van der Waals surface area contributed by atoms with E-state index in [4.69, 9.17) is 5.73 Å². The lowest BCUT2D eigenvalue weighted by Gasteiger charge is -2.38. The number of benzene rings is 1. The molecule has 4 heteroatoms. The van der Waals surface area contributed by atoms with E-state index in [1.54, 1.807) is 0 Å². The maximum absolute atomic E-state index is 13.3. The first kappa shape index (κ1) is 12.3. The van der Waals surface area contributed by atoms with Crippen LogP contribution in [0.1, 0.15) is 31.2 Å². The molecule has 0 heterocycles. The smallest absolute Gasteiger partial charge is 0.123 e. The number of phenolic OH excluding ortho intramolecular Hbond substituents is 1. The summed E-state index contributed by atoms with van der Waals surface area (Å²) in [5.41, 5.74) is 6.00. The molecule has 4 N–H and O–H groups in total. The van der Waals surface area contributed by atoms with Gasteiger partial charge in [0.25, 0.3) is 0 Å². The molecular formula is C13H18FNO2. The van der Waals surface area contributed by atoms with Gasteiger partial charge in [-0.1, -0.05) is 0 Å². The topological polar surface area (TPSA) is 66.5 Å². The quantitative estimate of drug-likeness (QED) is 0.735. The summed E-state index contributed by atoms with van der Waals surface area (Å²) >= 11 is 0. The number of aliphatic hydroxyl groups excluding tert-OH is 1. The zero-order valence-electron chi connectivity index (χ0n) is 9.69. The molecule has 0 radical (unpaired) electrons. The molecule has 1 aromatic carbocycles. The van der Waals surface area contributed by atoms with Gasteiger partial charge in [-0.15, -0.1) is 0 Å². The third kappa shape index (κ3) is 2.28. The second kappa shape index (κ2) is 4.63. The molecule has 0 atom stereocenters. The molecule has 0 aliphatic heterocycles. The lowest BCUT2D eigenvalue weighted by molar-refractivity contribution is 0.0965. The molecule has 0 unspecified atom stereocenters. The van der Waals surface area contributed by atoms with Gasteiger partial charge in [0.15, 0.2) is 0 Å². The van der Waals surface area contributed by atoms with Gasteiger partial charge in [0.1, 0.15) is 11.6 Å². The van der Waals surface area contributed by atoms with E-state index in [9.17, 15) is 14.6 Å². The normalized spacial score (nSPS) is 29.2. The maximum Gasteiger partial charge on any atom is 0.123 e. The van der Waals surface area contributed by atoms with Crippen molar-refractivity contribution in [2.75, 3.05) is 6.54 Å². The molecule has 17 heavy (non-hydrogen) atoms. The van der Waals surface area contributed by atoms with Gasteiger partial charge >= 0.3 is 0 Å².